The molecule has 3 aliphatic heterocycles. The molecule has 6 rings (SSSR count). The number of ether oxygens (including phenoxy) is 1. The zero-order valence-corrected chi connectivity index (χ0v) is 16.3. The van der Waals surface area contributed by atoms with Crippen LogP contribution in [0.5, 0.6) is 0 Å². The molecule has 8 nitrogen and oxygen atoms in total. The van der Waals surface area contributed by atoms with Crippen LogP contribution in [-0.4, -0.2) is 55.3 Å². The first-order chi connectivity index (χ1) is 14.7. The van der Waals surface area contributed by atoms with Gasteiger partial charge < -0.3 is 14.5 Å². The number of carbonyl (C=O) groups excluding carboxylic acids is 1. The maximum atomic E-state index is 14.4. The number of anilines is 1. The third-order valence-corrected chi connectivity index (χ3v) is 6.61. The Hall–Kier alpha value is -3.07. The predicted octanol–water partition coefficient (Wildman–Crippen LogP) is 2.32. The molecule has 2 atom stereocenters. The summed E-state index contributed by atoms with van der Waals surface area (Å²) in [5.41, 5.74) is 0.483. The van der Waals surface area contributed by atoms with E-state index >= 15 is 0 Å². The Morgan fingerprint density at radius 3 is 2.77 bits per heavy atom. The summed E-state index contributed by atoms with van der Waals surface area (Å²) in [4.78, 5) is 26.0. The highest BCUT2D eigenvalue weighted by molar-refractivity contribution is 5.88. The molecule has 9 heteroatoms. The highest BCUT2D eigenvalue weighted by Crippen LogP contribution is 2.48. The zero-order chi connectivity index (χ0) is 20.3. The van der Waals surface area contributed by atoms with Gasteiger partial charge >= 0.3 is 0 Å². The van der Waals surface area contributed by atoms with Gasteiger partial charge in [-0.1, -0.05) is 18.2 Å². The molecule has 30 heavy (non-hydrogen) atoms. The van der Waals surface area contributed by atoms with Crippen molar-refractivity contribution in [2.45, 2.75) is 43.6 Å². The molecular weight excluding hydrogens is 387 g/mol. The maximum Gasteiger partial charge on any atom is 0.257 e. The second-order valence-electron chi connectivity index (χ2n) is 8.16. The minimum atomic E-state index is -0.832. The van der Waals surface area contributed by atoms with Crippen molar-refractivity contribution in [1.82, 2.24) is 24.5 Å². The first kappa shape index (κ1) is 17.8. The van der Waals surface area contributed by atoms with Crippen molar-refractivity contribution in [3.05, 3.63) is 54.2 Å². The van der Waals surface area contributed by atoms with E-state index in [9.17, 15) is 9.18 Å². The van der Waals surface area contributed by atoms with Crippen molar-refractivity contribution in [3.8, 4) is 0 Å². The van der Waals surface area contributed by atoms with Gasteiger partial charge in [-0.15, -0.1) is 0 Å². The van der Waals surface area contributed by atoms with E-state index in [4.69, 9.17) is 4.74 Å². The Balaban J connectivity index is 1.24. The largest absolute Gasteiger partial charge is 0.342 e. The molecule has 0 radical (unpaired) electrons. The number of nitrogens with zero attached hydrogens (tertiary/aromatic N) is 6. The highest BCUT2D eigenvalue weighted by atomic mass is 19.1. The number of aromatic nitrogens is 4. The number of piperidine rings is 1. The zero-order valence-electron chi connectivity index (χ0n) is 16.3. The number of carbonyl (C=O) groups is 1. The SMILES string of the molecule is O=C1N2[C@@H](CC[C@H]2c2ccccc2F)OC12CCN(c1ncnc3ccnn13)CC2. The van der Waals surface area contributed by atoms with E-state index in [1.54, 1.807) is 27.7 Å². The summed E-state index contributed by atoms with van der Waals surface area (Å²) in [7, 11) is 0. The average molecular weight is 408 g/mol. The number of benzene rings is 1. The standard InChI is InChI=1S/C21H21FN6O2/c22-15-4-2-1-3-14(15)16-5-6-18-27(16)19(29)21(30-18)8-11-26(12-9-21)20-24-13-23-17-7-10-25-28(17)20/h1-4,7,10,13,16,18H,5-6,8-9,11-12H2/t16-,18+/m0/s1. The molecule has 5 heterocycles. The minimum absolute atomic E-state index is 0.00942. The smallest absolute Gasteiger partial charge is 0.257 e. The number of amides is 1. The van der Waals surface area contributed by atoms with Gasteiger partial charge in [0.2, 0.25) is 5.95 Å². The lowest BCUT2D eigenvalue weighted by molar-refractivity contribution is -0.140. The molecular formula is C21H21FN6O2. The van der Waals surface area contributed by atoms with Crippen LogP contribution in [0.25, 0.3) is 5.65 Å². The van der Waals surface area contributed by atoms with E-state index in [0.717, 1.165) is 24.4 Å². The van der Waals surface area contributed by atoms with Gasteiger partial charge in [0.15, 0.2) is 11.2 Å². The van der Waals surface area contributed by atoms with Crippen LogP contribution >= 0.6 is 0 Å². The molecule has 0 bridgehead atoms. The molecule has 1 spiro atoms. The highest BCUT2D eigenvalue weighted by Gasteiger charge is 2.58. The van der Waals surface area contributed by atoms with Crippen molar-refractivity contribution in [3.63, 3.8) is 0 Å². The molecule has 1 aromatic carbocycles. The molecule has 0 N–H and O–H groups in total. The molecule has 154 valence electrons. The van der Waals surface area contributed by atoms with Crippen LogP contribution in [0, 0.1) is 5.82 Å². The van der Waals surface area contributed by atoms with Gasteiger partial charge in [-0.05, 0) is 18.9 Å². The first-order valence-corrected chi connectivity index (χ1v) is 10.3. The Morgan fingerprint density at radius 2 is 1.93 bits per heavy atom. The van der Waals surface area contributed by atoms with Crippen molar-refractivity contribution in [1.29, 1.82) is 0 Å². The lowest BCUT2D eigenvalue weighted by Crippen LogP contribution is -2.51. The number of halogens is 1. The van der Waals surface area contributed by atoms with E-state index in [1.807, 2.05) is 12.1 Å². The number of fused-ring (bicyclic) bond motifs is 2. The second kappa shape index (κ2) is 6.46. The fraction of sp³-hybridized carbons (Fsp3) is 0.429. The van der Waals surface area contributed by atoms with Crippen molar-refractivity contribution >= 4 is 17.5 Å². The lowest BCUT2D eigenvalue weighted by Gasteiger charge is -2.37. The summed E-state index contributed by atoms with van der Waals surface area (Å²) in [6.07, 6.45) is 5.53. The number of hydrogen-bond acceptors (Lipinski definition) is 6. The molecule has 3 saturated heterocycles. The van der Waals surface area contributed by atoms with Crippen LogP contribution in [0.1, 0.15) is 37.3 Å². The van der Waals surface area contributed by atoms with E-state index in [1.165, 1.54) is 12.4 Å². The lowest BCUT2D eigenvalue weighted by atomic mass is 9.89. The van der Waals surface area contributed by atoms with E-state index in [2.05, 4.69) is 20.0 Å². The normalized spacial score (nSPS) is 25.4. The van der Waals surface area contributed by atoms with Gasteiger partial charge in [-0.3, -0.25) is 4.79 Å². The third kappa shape index (κ3) is 2.48. The van der Waals surface area contributed by atoms with Gasteiger partial charge in [-0.25, -0.2) is 14.4 Å². The first-order valence-electron chi connectivity index (χ1n) is 10.3. The molecule has 3 aliphatic rings. The molecule has 2 aromatic heterocycles. The van der Waals surface area contributed by atoms with Gasteiger partial charge in [-0.2, -0.15) is 9.61 Å². The van der Waals surface area contributed by atoms with Crippen molar-refractivity contribution < 1.29 is 13.9 Å². The quantitative estimate of drug-likeness (QED) is 0.648. The van der Waals surface area contributed by atoms with Gasteiger partial charge in [0.1, 0.15) is 18.4 Å². The Morgan fingerprint density at radius 1 is 1.10 bits per heavy atom. The van der Waals surface area contributed by atoms with E-state index in [-0.39, 0.29) is 24.0 Å². The minimum Gasteiger partial charge on any atom is -0.342 e. The third-order valence-electron chi connectivity index (χ3n) is 6.61. The molecule has 3 fully saturated rings. The van der Waals surface area contributed by atoms with Crippen molar-refractivity contribution in [2.24, 2.45) is 0 Å². The summed E-state index contributed by atoms with van der Waals surface area (Å²) in [5, 5.41) is 4.30. The van der Waals surface area contributed by atoms with Crippen LogP contribution in [0.3, 0.4) is 0 Å². The predicted molar refractivity (Wildman–Crippen MR) is 105 cm³/mol. The number of hydrogen-bond donors (Lipinski definition) is 0. The Kier molecular flexibility index (Phi) is 3.83. The second-order valence-corrected chi connectivity index (χ2v) is 8.16. The van der Waals surface area contributed by atoms with Gasteiger partial charge in [0, 0.05) is 37.6 Å². The summed E-state index contributed by atoms with van der Waals surface area (Å²) < 4.78 is 22.5. The van der Waals surface area contributed by atoms with Gasteiger partial charge in [0.25, 0.3) is 5.91 Å². The Bertz CT molecular complexity index is 1130. The summed E-state index contributed by atoms with van der Waals surface area (Å²) >= 11 is 0. The fourth-order valence-electron chi connectivity index (χ4n) is 5.12. The maximum absolute atomic E-state index is 14.4. The van der Waals surface area contributed by atoms with Crippen LogP contribution in [0.4, 0.5) is 10.3 Å². The number of rotatable bonds is 2. The summed E-state index contributed by atoms with van der Waals surface area (Å²) in [5.74, 6) is 0.443. The topological polar surface area (TPSA) is 75.9 Å². The fourth-order valence-corrected chi connectivity index (χ4v) is 5.12. The monoisotopic (exact) mass is 408 g/mol. The van der Waals surface area contributed by atoms with Crippen molar-refractivity contribution in [2.75, 3.05) is 18.0 Å². The van der Waals surface area contributed by atoms with Crippen LogP contribution in [-0.2, 0) is 9.53 Å². The molecule has 1 amide bonds. The summed E-state index contributed by atoms with van der Waals surface area (Å²) in [6.45, 7) is 1.26. The molecule has 3 aromatic rings. The van der Waals surface area contributed by atoms with E-state index in [0.29, 0.717) is 31.5 Å². The van der Waals surface area contributed by atoms with Crippen LogP contribution in [0.15, 0.2) is 42.9 Å². The molecule has 0 saturated carbocycles. The molecule has 0 aliphatic carbocycles. The average Bonchev–Trinajstić information content (AvgIpc) is 3.46. The van der Waals surface area contributed by atoms with Crippen LogP contribution < -0.4 is 4.90 Å². The van der Waals surface area contributed by atoms with E-state index < -0.39 is 5.60 Å². The summed E-state index contributed by atoms with van der Waals surface area (Å²) in [6, 6.07) is 8.29. The Labute approximate surface area is 172 Å². The van der Waals surface area contributed by atoms with Crippen LogP contribution in [0.2, 0.25) is 0 Å². The molecule has 0 unspecified atom stereocenters. The van der Waals surface area contributed by atoms with Gasteiger partial charge in [0.05, 0.1) is 12.2 Å².